The summed E-state index contributed by atoms with van der Waals surface area (Å²) in [6.07, 6.45) is 5.99. The maximum absolute atomic E-state index is 12.6. The van der Waals surface area contributed by atoms with Gasteiger partial charge in [0.05, 0.1) is 26.4 Å². The molecule has 10 heteroatoms. The fraction of sp³-hybridized carbons (Fsp3) is 0.600. The third-order valence-corrected chi connectivity index (χ3v) is 8.67. The first-order valence-electron chi connectivity index (χ1n) is 9.88. The second kappa shape index (κ2) is 8.68. The molecular formula is C20H28ClN3O4S2. The molecule has 0 radical (unpaired) electrons. The van der Waals surface area contributed by atoms with E-state index in [-0.39, 0.29) is 17.4 Å². The van der Waals surface area contributed by atoms with E-state index in [0.717, 1.165) is 10.9 Å². The van der Waals surface area contributed by atoms with E-state index < -0.39 is 25.6 Å². The molecule has 2 heterocycles. The summed E-state index contributed by atoms with van der Waals surface area (Å²) >= 11 is 6.16. The number of hydrogen-bond donors (Lipinski definition) is 1. The normalized spacial score (nSPS) is 21.8. The Labute approximate surface area is 185 Å². The highest BCUT2D eigenvalue weighted by Crippen LogP contribution is 2.36. The Bertz CT molecular complexity index is 1060. The second-order valence-electron chi connectivity index (χ2n) is 8.69. The van der Waals surface area contributed by atoms with Crippen molar-refractivity contribution in [3.8, 4) is 5.88 Å². The third kappa shape index (κ3) is 5.12. The summed E-state index contributed by atoms with van der Waals surface area (Å²) < 4.78 is 44.7. The van der Waals surface area contributed by atoms with Crippen molar-refractivity contribution in [2.45, 2.75) is 69.1 Å². The van der Waals surface area contributed by atoms with Crippen LogP contribution in [0.15, 0.2) is 18.5 Å². The smallest absolute Gasteiger partial charge is 0.223 e. The Morgan fingerprint density at radius 3 is 2.50 bits per heavy atom. The van der Waals surface area contributed by atoms with Crippen LogP contribution in [-0.2, 0) is 20.8 Å². The van der Waals surface area contributed by atoms with E-state index in [9.17, 15) is 12.6 Å². The van der Waals surface area contributed by atoms with Gasteiger partial charge in [0.1, 0.15) is 11.3 Å². The van der Waals surface area contributed by atoms with Crippen molar-refractivity contribution in [2.24, 2.45) is 0 Å². The molecule has 0 amide bonds. The molecule has 0 aromatic carbocycles. The molecule has 30 heavy (non-hydrogen) atoms. The van der Waals surface area contributed by atoms with Crippen LogP contribution in [0.5, 0.6) is 5.88 Å². The van der Waals surface area contributed by atoms with Crippen molar-refractivity contribution in [2.75, 3.05) is 6.26 Å². The van der Waals surface area contributed by atoms with E-state index in [1.807, 2.05) is 27.7 Å². The Kier molecular flexibility index (Phi) is 6.77. The summed E-state index contributed by atoms with van der Waals surface area (Å²) in [7, 11) is -4.30. The molecule has 0 spiro atoms. The quantitative estimate of drug-likeness (QED) is 0.615. The van der Waals surface area contributed by atoms with Crippen LogP contribution in [0.4, 0.5) is 0 Å². The molecule has 3 rings (SSSR count). The summed E-state index contributed by atoms with van der Waals surface area (Å²) in [5, 5.41) is 1.50. The summed E-state index contributed by atoms with van der Waals surface area (Å²) in [6, 6.07) is 1.57. The number of ether oxygens (including phenoxy) is 1. The number of nitrogens with zero attached hydrogens (tertiary/aromatic N) is 2. The minimum absolute atomic E-state index is 0.189. The van der Waals surface area contributed by atoms with Gasteiger partial charge in [-0.1, -0.05) is 18.5 Å². The largest absolute Gasteiger partial charge is 0.474 e. The molecular weight excluding hydrogens is 446 g/mol. The maximum atomic E-state index is 12.6. The molecule has 2 aromatic rings. The van der Waals surface area contributed by atoms with Crippen LogP contribution in [0.1, 0.15) is 58.6 Å². The van der Waals surface area contributed by atoms with Crippen molar-refractivity contribution < 1.29 is 17.4 Å². The Morgan fingerprint density at radius 1 is 1.27 bits per heavy atom. The van der Waals surface area contributed by atoms with Crippen LogP contribution in [0.3, 0.4) is 0 Å². The zero-order chi connectivity index (χ0) is 22.3. The molecule has 1 saturated carbocycles. The first-order valence-corrected chi connectivity index (χ1v) is 13.4. The zero-order valence-corrected chi connectivity index (χ0v) is 20.2. The molecule has 1 N–H and O–H groups in total. The molecule has 1 fully saturated rings. The molecule has 1 aliphatic rings. The van der Waals surface area contributed by atoms with Crippen molar-refractivity contribution in [3.05, 3.63) is 29.2 Å². The van der Waals surface area contributed by atoms with Crippen LogP contribution in [0.25, 0.3) is 10.8 Å². The number of hydrogen-bond acceptors (Lipinski definition) is 6. The van der Waals surface area contributed by atoms with Gasteiger partial charge >= 0.3 is 0 Å². The molecule has 0 unspecified atom stereocenters. The minimum atomic E-state index is -3.05. The van der Waals surface area contributed by atoms with Crippen molar-refractivity contribution in [1.82, 2.24) is 14.7 Å². The molecule has 166 valence electrons. The Balaban J connectivity index is 1.91. The summed E-state index contributed by atoms with van der Waals surface area (Å²) in [4.78, 5) is 8.66. The fourth-order valence-corrected chi connectivity index (χ4v) is 5.46. The predicted octanol–water partition coefficient (Wildman–Crippen LogP) is 3.74. The lowest BCUT2D eigenvalue weighted by atomic mass is 9.95. The van der Waals surface area contributed by atoms with Gasteiger partial charge in [0.15, 0.2) is 9.84 Å². The Morgan fingerprint density at radius 2 is 1.93 bits per heavy atom. The van der Waals surface area contributed by atoms with Crippen molar-refractivity contribution >= 4 is 43.2 Å². The number of nitrogens with one attached hydrogen (secondary N) is 1. The number of rotatable bonds is 7. The van der Waals surface area contributed by atoms with Crippen LogP contribution < -0.4 is 9.46 Å². The van der Waals surface area contributed by atoms with Crippen molar-refractivity contribution in [3.63, 3.8) is 0 Å². The number of pyridine rings is 2. The van der Waals surface area contributed by atoms with E-state index in [1.165, 1.54) is 6.26 Å². The zero-order valence-electron chi connectivity index (χ0n) is 17.8. The molecule has 1 aliphatic carbocycles. The van der Waals surface area contributed by atoms with Gasteiger partial charge in [-0.05, 0) is 44.2 Å². The van der Waals surface area contributed by atoms with Crippen LogP contribution in [0, 0.1) is 0 Å². The van der Waals surface area contributed by atoms with E-state index in [1.54, 1.807) is 18.5 Å². The standard InChI is InChI=1S/C20H28ClN3O4S2/c1-6-17(24-29(25)20(2,3)4)15-10-23-19(16-11-22-18(21)9-14(15)16)28-12-7-13(8-12)30(5,26)27/h9-13,17,24H,6-8H2,1-5H3/t12?,13?,17-,29+/m1/s1. The highest BCUT2D eigenvalue weighted by atomic mass is 35.5. The Hall–Kier alpha value is -1.29. The lowest BCUT2D eigenvalue weighted by Gasteiger charge is -2.34. The van der Waals surface area contributed by atoms with Gasteiger partial charge in [-0.3, -0.25) is 0 Å². The minimum Gasteiger partial charge on any atom is -0.474 e. The monoisotopic (exact) mass is 473 g/mol. The van der Waals surface area contributed by atoms with E-state index in [2.05, 4.69) is 14.7 Å². The molecule has 7 nitrogen and oxygen atoms in total. The van der Waals surface area contributed by atoms with Gasteiger partial charge < -0.3 is 4.74 Å². The van der Waals surface area contributed by atoms with Gasteiger partial charge in [0.25, 0.3) is 0 Å². The average Bonchev–Trinajstić information content (AvgIpc) is 2.60. The molecule has 2 atom stereocenters. The highest BCUT2D eigenvalue weighted by molar-refractivity contribution is 7.91. The lowest BCUT2D eigenvalue weighted by molar-refractivity contribution is 0.119. The molecule has 0 aliphatic heterocycles. The first-order chi connectivity index (χ1) is 13.9. The SMILES string of the molecule is CC[C@@H](N[S@@](=O)C(C)(C)C)c1cnc(OC2CC(S(C)(=O)=O)C2)c2cnc(Cl)cc12. The number of fused-ring (bicyclic) bond motifs is 1. The molecule has 0 bridgehead atoms. The third-order valence-electron chi connectivity index (χ3n) is 5.26. The van der Waals surface area contributed by atoms with Crippen molar-refractivity contribution in [1.29, 1.82) is 0 Å². The van der Waals surface area contributed by atoms with E-state index in [4.69, 9.17) is 16.3 Å². The number of sulfone groups is 1. The van der Waals surface area contributed by atoms with Gasteiger partial charge in [-0.25, -0.2) is 27.3 Å². The topological polar surface area (TPSA) is 98.2 Å². The fourth-order valence-electron chi connectivity index (χ4n) is 3.27. The summed E-state index contributed by atoms with van der Waals surface area (Å²) in [5.74, 6) is 0.404. The van der Waals surface area contributed by atoms with E-state index >= 15 is 0 Å². The van der Waals surface area contributed by atoms with Gasteiger partial charge in [-0.15, -0.1) is 0 Å². The van der Waals surface area contributed by atoms with Crippen LogP contribution >= 0.6 is 11.6 Å². The van der Waals surface area contributed by atoms with E-state index in [0.29, 0.717) is 35.7 Å². The predicted molar refractivity (Wildman–Crippen MR) is 121 cm³/mol. The molecule has 0 saturated heterocycles. The molecule has 2 aromatic heterocycles. The number of halogens is 1. The lowest BCUT2D eigenvalue weighted by Crippen LogP contribution is -2.42. The van der Waals surface area contributed by atoms with Gasteiger partial charge in [-0.2, -0.15) is 0 Å². The number of aromatic nitrogens is 2. The van der Waals surface area contributed by atoms with Crippen LogP contribution in [0.2, 0.25) is 5.15 Å². The first kappa shape index (κ1) is 23.4. The summed E-state index contributed by atoms with van der Waals surface area (Å²) in [6.45, 7) is 7.76. The average molecular weight is 474 g/mol. The maximum Gasteiger partial charge on any atom is 0.223 e. The summed E-state index contributed by atoms with van der Waals surface area (Å²) in [5.41, 5.74) is 0.865. The van der Waals surface area contributed by atoms with Gasteiger partial charge in [0, 0.05) is 37.5 Å². The van der Waals surface area contributed by atoms with Crippen LogP contribution in [-0.4, -0.2) is 45.0 Å². The van der Waals surface area contributed by atoms with Gasteiger partial charge in [0.2, 0.25) is 5.88 Å². The second-order valence-corrected chi connectivity index (χ2v) is 13.4. The highest BCUT2D eigenvalue weighted by Gasteiger charge is 2.38.